The molecule has 0 saturated carbocycles. The van der Waals surface area contributed by atoms with Crippen molar-refractivity contribution in [2.75, 3.05) is 0 Å². The number of halogens is 1. The number of hydrogen-bond acceptors (Lipinski definition) is 5. The van der Waals surface area contributed by atoms with E-state index in [2.05, 4.69) is 12.6 Å². The van der Waals surface area contributed by atoms with Crippen LogP contribution in [0.5, 0.6) is 0 Å². The number of esters is 2. The van der Waals surface area contributed by atoms with Crippen molar-refractivity contribution in [3.63, 3.8) is 0 Å². The lowest BCUT2D eigenvalue weighted by molar-refractivity contribution is -0.232. The summed E-state index contributed by atoms with van der Waals surface area (Å²) in [6.07, 6.45) is 1.68. The first-order valence-corrected chi connectivity index (χ1v) is 7.09. The van der Waals surface area contributed by atoms with Crippen LogP contribution in [0.15, 0.2) is 11.6 Å². The molecule has 1 aliphatic heterocycles. The van der Waals surface area contributed by atoms with Gasteiger partial charge in [-0.1, -0.05) is 58.0 Å². The third-order valence-corrected chi connectivity index (χ3v) is 3.17. The lowest BCUT2D eigenvalue weighted by Gasteiger charge is -2.41. The van der Waals surface area contributed by atoms with E-state index in [0.29, 0.717) is 0 Å². The number of hydrogen-bond donors (Lipinski definition) is 1. The number of rotatable bonds is 3. The lowest BCUT2D eigenvalue weighted by atomic mass is 9.74. The van der Waals surface area contributed by atoms with Crippen molar-refractivity contribution < 1.29 is 19.1 Å². The highest BCUT2D eigenvalue weighted by atomic mass is 35.5. The maximum Gasteiger partial charge on any atom is 0.327 e. The number of carbonyl (C=O) groups excluding carboxylic acids is 2. The van der Waals surface area contributed by atoms with Gasteiger partial charge in [0.1, 0.15) is 0 Å². The van der Waals surface area contributed by atoms with Gasteiger partial charge in [0.2, 0.25) is 0 Å². The molecule has 1 heterocycles. The Morgan fingerprint density at radius 3 is 2.00 bits per heavy atom. The van der Waals surface area contributed by atoms with Crippen molar-refractivity contribution in [3.05, 3.63) is 11.6 Å². The Hall–Kier alpha value is -0.680. The summed E-state index contributed by atoms with van der Waals surface area (Å²) in [4.78, 5) is 24.1. The minimum atomic E-state index is -1.50. The SMILES string of the molecule is CC.CC(C)C1(C/C=C/Cl)C(=O)OC(C)(S)OC1=O. The van der Waals surface area contributed by atoms with Gasteiger partial charge in [-0.25, -0.2) is 0 Å². The van der Waals surface area contributed by atoms with Gasteiger partial charge in [0.15, 0.2) is 5.41 Å². The highest BCUT2D eigenvalue weighted by Gasteiger charge is 2.57. The minimum absolute atomic E-state index is 0.149. The van der Waals surface area contributed by atoms with Gasteiger partial charge in [-0.3, -0.25) is 9.59 Å². The fourth-order valence-electron chi connectivity index (χ4n) is 1.73. The molecule has 0 bridgehead atoms. The van der Waals surface area contributed by atoms with Crippen LogP contribution in [0.1, 0.15) is 41.0 Å². The Morgan fingerprint density at radius 1 is 1.26 bits per heavy atom. The van der Waals surface area contributed by atoms with Crippen LogP contribution < -0.4 is 0 Å². The number of ether oxygens (including phenoxy) is 2. The molecule has 0 amide bonds. The molecule has 1 aliphatic rings. The standard InChI is InChI=1S/C11H15ClO4S.C2H6/c1-7(2)11(5-4-6-12)8(13)15-10(3,17)16-9(11)14;1-2/h4,6-7,17H,5H2,1-3H3;1-2H3/b6-4+;. The minimum Gasteiger partial charge on any atom is -0.412 e. The molecule has 0 aliphatic carbocycles. The maximum absolute atomic E-state index is 12.0. The summed E-state index contributed by atoms with van der Waals surface area (Å²) < 4.78 is 10.0. The van der Waals surface area contributed by atoms with E-state index in [4.69, 9.17) is 21.1 Å². The predicted octanol–water partition coefficient (Wildman–Crippen LogP) is 3.50. The second-order valence-electron chi connectivity index (χ2n) is 4.37. The fraction of sp³-hybridized carbons (Fsp3) is 0.692. The third kappa shape index (κ3) is 3.89. The zero-order valence-corrected chi connectivity index (χ0v) is 13.5. The van der Waals surface area contributed by atoms with E-state index >= 15 is 0 Å². The van der Waals surface area contributed by atoms with Crippen LogP contribution in [-0.4, -0.2) is 17.1 Å². The van der Waals surface area contributed by atoms with Gasteiger partial charge in [-0.05, 0) is 12.3 Å². The molecule has 1 fully saturated rings. The first kappa shape index (κ1) is 18.3. The number of allylic oxidation sites excluding steroid dienone is 1. The van der Waals surface area contributed by atoms with Gasteiger partial charge < -0.3 is 9.47 Å². The highest BCUT2D eigenvalue weighted by molar-refractivity contribution is 7.81. The van der Waals surface area contributed by atoms with Crippen molar-refractivity contribution in [1.82, 2.24) is 0 Å². The first-order valence-electron chi connectivity index (χ1n) is 6.21. The molecular weight excluding hydrogens is 288 g/mol. The van der Waals surface area contributed by atoms with Crippen LogP contribution >= 0.6 is 24.2 Å². The topological polar surface area (TPSA) is 52.6 Å². The molecule has 0 unspecified atom stereocenters. The molecule has 4 nitrogen and oxygen atoms in total. The molecule has 0 atom stereocenters. The zero-order valence-electron chi connectivity index (χ0n) is 11.9. The van der Waals surface area contributed by atoms with Crippen LogP contribution in [0.4, 0.5) is 0 Å². The Kier molecular flexibility index (Phi) is 6.94. The van der Waals surface area contributed by atoms with Gasteiger partial charge in [0.25, 0.3) is 0 Å². The molecule has 1 saturated heterocycles. The van der Waals surface area contributed by atoms with E-state index in [1.54, 1.807) is 13.8 Å². The van der Waals surface area contributed by atoms with Crippen molar-refractivity contribution >= 4 is 36.2 Å². The van der Waals surface area contributed by atoms with Crippen molar-refractivity contribution in [2.45, 2.75) is 46.2 Å². The molecule has 110 valence electrons. The predicted molar refractivity (Wildman–Crippen MR) is 77.8 cm³/mol. The van der Waals surface area contributed by atoms with Gasteiger partial charge in [-0.15, -0.1) is 0 Å². The van der Waals surface area contributed by atoms with Crippen LogP contribution in [0.2, 0.25) is 0 Å². The van der Waals surface area contributed by atoms with E-state index < -0.39 is 22.5 Å². The van der Waals surface area contributed by atoms with Crippen LogP contribution in [0.3, 0.4) is 0 Å². The average Bonchev–Trinajstić information content (AvgIpc) is 2.29. The van der Waals surface area contributed by atoms with E-state index in [-0.39, 0.29) is 12.3 Å². The van der Waals surface area contributed by atoms with Crippen molar-refractivity contribution in [1.29, 1.82) is 0 Å². The Bertz CT molecular complexity index is 344. The van der Waals surface area contributed by atoms with Crippen LogP contribution in [0.25, 0.3) is 0 Å². The summed E-state index contributed by atoms with van der Waals surface area (Å²) in [6.45, 7) is 8.91. The molecule has 0 aromatic rings. The molecule has 6 heteroatoms. The number of carbonyl (C=O) groups is 2. The average molecular weight is 309 g/mol. The second-order valence-corrected chi connectivity index (χ2v) is 5.43. The molecular formula is C13H21ClO4S. The Labute approximate surface area is 124 Å². The third-order valence-electron chi connectivity index (χ3n) is 2.81. The summed E-state index contributed by atoms with van der Waals surface area (Å²) >= 11 is 9.38. The summed E-state index contributed by atoms with van der Waals surface area (Å²) in [7, 11) is 0. The second kappa shape index (κ2) is 7.20. The number of thiol groups is 1. The summed E-state index contributed by atoms with van der Waals surface area (Å²) in [5, 5.41) is -1.50. The Balaban J connectivity index is 0.00000154. The van der Waals surface area contributed by atoms with Gasteiger partial charge in [0.05, 0.1) is 0 Å². The summed E-state index contributed by atoms with van der Waals surface area (Å²) in [5.41, 5.74) is -0.0766. The largest absolute Gasteiger partial charge is 0.412 e. The maximum atomic E-state index is 12.0. The van der Waals surface area contributed by atoms with E-state index in [1.165, 1.54) is 18.5 Å². The molecule has 0 spiro atoms. The van der Waals surface area contributed by atoms with E-state index in [1.807, 2.05) is 13.8 Å². The Morgan fingerprint density at radius 2 is 1.68 bits per heavy atom. The van der Waals surface area contributed by atoms with Crippen molar-refractivity contribution in [2.24, 2.45) is 11.3 Å². The molecule has 0 radical (unpaired) electrons. The van der Waals surface area contributed by atoms with Crippen molar-refractivity contribution in [3.8, 4) is 0 Å². The molecule has 19 heavy (non-hydrogen) atoms. The van der Waals surface area contributed by atoms with E-state index in [0.717, 1.165) is 0 Å². The smallest absolute Gasteiger partial charge is 0.327 e. The normalized spacial score (nSPS) is 30.7. The summed E-state index contributed by atoms with van der Waals surface area (Å²) in [5.74, 6) is -1.52. The summed E-state index contributed by atoms with van der Waals surface area (Å²) in [6, 6.07) is 0. The number of cyclic esters (lactones) is 2. The first-order chi connectivity index (χ1) is 8.76. The van der Waals surface area contributed by atoms with Crippen LogP contribution in [-0.2, 0) is 19.1 Å². The fourth-order valence-corrected chi connectivity index (χ4v) is 1.99. The quantitative estimate of drug-likeness (QED) is 0.492. The molecule has 1 rings (SSSR count). The molecule has 0 aromatic heterocycles. The monoisotopic (exact) mass is 308 g/mol. The van der Waals surface area contributed by atoms with Gasteiger partial charge in [0, 0.05) is 12.5 Å². The van der Waals surface area contributed by atoms with E-state index in [9.17, 15) is 9.59 Å². The molecule has 0 aromatic carbocycles. The zero-order chi connectivity index (χ0) is 15.3. The lowest BCUT2D eigenvalue weighted by Crippen LogP contribution is -2.55. The highest BCUT2D eigenvalue weighted by Crippen LogP contribution is 2.42. The van der Waals surface area contributed by atoms with Gasteiger partial charge in [-0.2, -0.15) is 0 Å². The molecule has 0 N–H and O–H groups in total. The van der Waals surface area contributed by atoms with Crippen LogP contribution in [0, 0.1) is 11.3 Å². The van der Waals surface area contributed by atoms with Gasteiger partial charge >= 0.3 is 17.1 Å².